The molecule has 0 spiro atoms. The van der Waals surface area contributed by atoms with E-state index in [9.17, 15) is 9.59 Å². The summed E-state index contributed by atoms with van der Waals surface area (Å²) in [6.45, 7) is 2.72. The minimum absolute atomic E-state index is 0.300. The predicted octanol–water partition coefficient (Wildman–Crippen LogP) is 4.04. The monoisotopic (exact) mass is 326 g/mol. The van der Waals surface area contributed by atoms with E-state index in [1.54, 1.807) is 18.2 Å². The van der Waals surface area contributed by atoms with E-state index in [0.717, 1.165) is 18.4 Å². The first-order valence-corrected chi connectivity index (χ1v) is 8.19. The molecule has 0 aromatic heterocycles. The van der Waals surface area contributed by atoms with Crippen molar-refractivity contribution in [2.45, 2.75) is 26.2 Å². The molecule has 126 valence electrons. The van der Waals surface area contributed by atoms with Gasteiger partial charge in [-0.3, -0.25) is 0 Å². The molecule has 0 aliphatic carbocycles. The van der Waals surface area contributed by atoms with E-state index in [0.29, 0.717) is 30.8 Å². The topological polar surface area (TPSA) is 52.6 Å². The van der Waals surface area contributed by atoms with E-state index in [4.69, 9.17) is 9.47 Å². The van der Waals surface area contributed by atoms with Crippen LogP contribution in [0.2, 0.25) is 0 Å². The summed E-state index contributed by atoms with van der Waals surface area (Å²) >= 11 is 0. The van der Waals surface area contributed by atoms with Crippen LogP contribution in [0.15, 0.2) is 54.6 Å². The molecule has 2 aromatic rings. The minimum Gasteiger partial charge on any atom is -0.462 e. The lowest BCUT2D eigenvalue weighted by Gasteiger charge is -2.07. The van der Waals surface area contributed by atoms with Crippen molar-refractivity contribution < 1.29 is 19.1 Å². The number of rotatable bonds is 8. The van der Waals surface area contributed by atoms with Crippen LogP contribution in [0.25, 0.3) is 0 Å². The largest absolute Gasteiger partial charge is 0.462 e. The molecule has 0 atom stereocenters. The number of hydrogen-bond donors (Lipinski definition) is 0. The maximum atomic E-state index is 12.1. The summed E-state index contributed by atoms with van der Waals surface area (Å²) in [5.74, 6) is -0.850. The first kappa shape index (κ1) is 17.7. The number of ether oxygens (including phenoxy) is 2. The fourth-order valence-electron chi connectivity index (χ4n) is 2.16. The lowest BCUT2D eigenvalue weighted by Crippen LogP contribution is -2.11. The van der Waals surface area contributed by atoms with Crippen molar-refractivity contribution in [2.24, 2.45) is 0 Å². The molecule has 0 amide bonds. The second-order valence-electron chi connectivity index (χ2n) is 5.44. The first-order chi connectivity index (χ1) is 11.7. The zero-order valence-corrected chi connectivity index (χ0v) is 13.9. The second-order valence-corrected chi connectivity index (χ2v) is 5.44. The van der Waals surface area contributed by atoms with Crippen LogP contribution in [0.5, 0.6) is 0 Å². The highest BCUT2D eigenvalue weighted by atomic mass is 16.5. The molecule has 0 saturated carbocycles. The van der Waals surface area contributed by atoms with Gasteiger partial charge in [-0.25, -0.2) is 9.59 Å². The smallest absolute Gasteiger partial charge is 0.338 e. The first-order valence-electron chi connectivity index (χ1n) is 8.19. The molecule has 0 heterocycles. The summed E-state index contributed by atoms with van der Waals surface area (Å²) < 4.78 is 10.4. The van der Waals surface area contributed by atoms with Gasteiger partial charge < -0.3 is 9.47 Å². The van der Waals surface area contributed by atoms with Gasteiger partial charge in [-0.1, -0.05) is 49.7 Å². The van der Waals surface area contributed by atoms with E-state index >= 15 is 0 Å². The molecule has 0 aliphatic rings. The number of benzene rings is 2. The van der Waals surface area contributed by atoms with Crippen molar-refractivity contribution in [2.75, 3.05) is 13.2 Å². The van der Waals surface area contributed by atoms with Crippen molar-refractivity contribution in [3.63, 3.8) is 0 Å². The molecule has 0 fully saturated rings. The number of hydrogen-bond acceptors (Lipinski definition) is 4. The lowest BCUT2D eigenvalue weighted by molar-refractivity contribution is 0.0499. The van der Waals surface area contributed by atoms with Crippen LogP contribution >= 0.6 is 0 Å². The Morgan fingerprint density at radius 1 is 0.833 bits per heavy atom. The van der Waals surface area contributed by atoms with E-state index in [-0.39, 0.29) is 0 Å². The fraction of sp³-hybridized carbons (Fsp3) is 0.300. The van der Waals surface area contributed by atoms with Gasteiger partial charge in [0.25, 0.3) is 0 Å². The van der Waals surface area contributed by atoms with Crippen LogP contribution < -0.4 is 0 Å². The molecule has 0 unspecified atom stereocenters. The zero-order valence-electron chi connectivity index (χ0n) is 13.9. The highest BCUT2D eigenvalue weighted by Crippen LogP contribution is 2.09. The third kappa shape index (κ3) is 5.54. The van der Waals surface area contributed by atoms with Crippen LogP contribution in [-0.4, -0.2) is 25.2 Å². The van der Waals surface area contributed by atoms with Crippen LogP contribution in [0.3, 0.4) is 0 Å². The Bertz CT molecular complexity index is 664. The quantitative estimate of drug-likeness (QED) is 0.542. The van der Waals surface area contributed by atoms with E-state index in [2.05, 4.69) is 0 Å². The van der Waals surface area contributed by atoms with Crippen molar-refractivity contribution in [3.8, 4) is 0 Å². The maximum absolute atomic E-state index is 12.1. The summed E-state index contributed by atoms with van der Waals surface area (Å²) in [6.07, 6.45) is 2.44. The average Bonchev–Trinajstić information content (AvgIpc) is 2.63. The maximum Gasteiger partial charge on any atom is 0.338 e. The van der Waals surface area contributed by atoms with Gasteiger partial charge in [-0.2, -0.15) is 0 Å². The number of esters is 2. The summed E-state index contributed by atoms with van der Waals surface area (Å²) in [7, 11) is 0. The van der Waals surface area contributed by atoms with Crippen molar-refractivity contribution in [3.05, 3.63) is 71.3 Å². The van der Waals surface area contributed by atoms with Gasteiger partial charge in [0, 0.05) is 6.42 Å². The molecule has 24 heavy (non-hydrogen) atoms. The third-order valence-electron chi connectivity index (χ3n) is 3.53. The Balaban J connectivity index is 1.87. The molecule has 0 saturated heterocycles. The fourth-order valence-corrected chi connectivity index (χ4v) is 2.16. The number of unbranched alkanes of at least 4 members (excludes halogenated alkanes) is 1. The van der Waals surface area contributed by atoms with Gasteiger partial charge in [0.05, 0.1) is 24.3 Å². The molecule has 0 N–H and O–H groups in total. The van der Waals surface area contributed by atoms with Crippen molar-refractivity contribution in [1.82, 2.24) is 0 Å². The predicted molar refractivity (Wildman–Crippen MR) is 92.1 cm³/mol. The van der Waals surface area contributed by atoms with Gasteiger partial charge in [0.15, 0.2) is 0 Å². The Hall–Kier alpha value is -2.62. The molecule has 2 aromatic carbocycles. The van der Waals surface area contributed by atoms with E-state index in [1.807, 2.05) is 37.3 Å². The van der Waals surface area contributed by atoms with Crippen LogP contribution in [0.1, 0.15) is 46.0 Å². The Labute approximate surface area is 142 Å². The lowest BCUT2D eigenvalue weighted by atomic mass is 10.1. The highest BCUT2D eigenvalue weighted by Gasteiger charge is 2.12. The zero-order chi connectivity index (χ0) is 17.2. The third-order valence-corrected chi connectivity index (χ3v) is 3.53. The standard InChI is InChI=1S/C20H22O4/c1-2-3-13-23-19(21)17-10-7-11-18(15-17)20(22)24-14-12-16-8-5-4-6-9-16/h4-11,15H,2-3,12-14H2,1H3. The second kappa shape index (κ2) is 9.50. The average molecular weight is 326 g/mol. The summed E-state index contributed by atoms with van der Waals surface area (Å²) in [4.78, 5) is 24.0. The molecule has 4 heteroatoms. The van der Waals surface area contributed by atoms with Gasteiger partial charge in [-0.05, 0) is 30.2 Å². The highest BCUT2D eigenvalue weighted by molar-refractivity contribution is 5.95. The van der Waals surface area contributed by atoms with E-state index < -0.39 is 11.9 Å². The number of carbonyl (C=O) groups excluding carboxylic acids is 2. The Morgan fingerprint density at radius 3 is 2.08 bits per heavy atom. The molecule has 0 aliphatic heterocycles. The Kier molecular flexibility index (Phi) is 7.02. The van der Waals surface area contributed by atoms with E-state index in [1.165, 1.54) is 6.07 Å². The minimum atomic E-state index is -0.436. The summed E-state index contributed by atoms with van der Waals surface area (Å²) in [5.41, 5.74) is 1.83. The Morgan fingerprint density at radius 2 is 1.46 bits per heavy atom. The van der Waals surface area contributed by atoms with Crippen LogP contribution in [0, 0.1) is 0 Å². The van der Waals surface area contributed by atoms with Crippen LogP contribution in [0.4, 0.5) is 0 Å². The SMILES string of the molecule is CCCCOC(=O)c1cccc(C(=O)OCCc2ccccc2)c1. The van der Waals surface area contributed by atoms with Gasteiger partial charge in [0.1, 0.15) is 0 Å². The summed E-state index contributed by atoms with van der Waals surface area (Å²) in [5, 5.41) is 0. The number of carbonyl (C=O) groups is 2. The van der Waals surface area contributed by atoms with Crippen LogP contribution in [-0.2, 0) is 15.9 Å². The van der Waals surface area contributed by atoms with Gasteiger partial charge in [-0.15, -0.1) is 0 Å². The van der Waals surface area contributed by atoms with Gasteiger partial charge >= 0.3 is 11.9 Å². The summed E-state index contributed by atoms with van der Waals surface area (Å²) in [6, 6.07) is 16.3. The molecular formula is C20H22O4. The molecule has 2 rings (SSSR count). The van der Waals surface area contributed by atoms with Crippen molar-refractivity contribution in [1.29, 1.82) is 0 Å². The molecule has 0 radical (unpaired) electrons. The van der Waals surface area contributed by atoms with Gasteiger partial charge in [0.2, 0.25) is 0 Å². The molecular weight excluding hydrogens is 304 g/mol. The molecule has 4 nitrogen and oxygen atoms in total. The normalized spacial score (nSPS) is 10.2. The van der Waals surface area contributed by atoms with Crippen molar-refractivity contribution >= 4 is 11.9 Å². The molecule has 0 bridgehead atoms.